The summed E-state index contributed by atoms with van der Waals surface area (Å²) in [6.45, 7) is 0. The average molecular weight is 338 g/mol. The van der Waals surface area contributed by atoms with Gasteiger partial charge in [-0.3, -0.25) is 31.0 Å². The van der Waals surface area contributed by atoms with Gasteiger partial charge in [0, 0.05) is 25.0 Å². The number of allylic oxidation sites excluding steroid dienone is 6. The summed E-state index contributed by atoms with van der Waals surface area (Å²) in [4.78, 5) is 19.2. The van der Waals surface area contributed by atoms with Crippen LogP contribution in [0.1, 0.15) is 12.8 Å². The Kier molecular flexibility index (Phi) is 4.06. The van der Waals surface area contributed by atoms with Gasteiger partial charge < -0.3 is 0 Å². The maximum atomic E-state index is 12.5. The zero-order valence-electron chi connectivity index (χ0n) is 11.5. The molecule has 0 unspecified atom stereocenters. The van der Waals surface area contributed by atoms with E-state index in [-0.39, 0.29) is 34.1 Å². The van der Waals surface area contributed by atoms with E-state index in [9.17, 15) is 28.6 Å². The van der Waals surface area contributed by atoms with Gasteiger partial charge in [-0.15, -0.1) is 0 Å². The van der Waals surface area contributed by atoms with Crippen molar-refractivity contribution >= 4 is 21.3 Å². The molecule has 0 saturated heterocycles. The Hall–Kier alpha value is -2.95. The molecule has 11 heteroatoms. The Balaban J connectivity index is 2.48. The van der Waals surface area contributed by atoms with Crippen LogP contribution in [0.15, 0.2) is 45.5 Å². The van der Waals surface area contributed by atoms with Crippen LogP contribution in [0, 0.1) is 31.0 Å². The lowest BCUT2D eigenvalue weighted by Crippen LogP contribution is -2.19. The van der Waals surface area contributed by atoms with Gasteiger partial charge in [0.1, 0.15) is 11.4 Å². The second-order valence-corrected chi connectivity index (χ2v) is 6.60. The summed E-state index contributed by atoms with van der Waals surface area (Å²) in [7, 11) is -4.20. The van der Waals surface area contributed by atoms with Gasteiger partial charge in [-0.1, -0.05) is 12.2 Å². The highest BCUT2D eigenvalue weighted by Gasteiger charge is 2.32. The third-order valence-corrected chi connectivity index (χ3v) is 5.02. The largest absolute Gasteiger partial charge is 0.298 e. The van der Waals surface area contributed by atoms with Crippen molar-refractivity contribution in [3.63, 3.8) is 0 Å². The lowest BCUT2D eigenvalue weighted by Gasteiger charge is -2.13. The molecule has 0 radical (unpaired) electrons. The molecule has 2 N–H and O–H groups in total. The third-order valence-electron chi connectivity index (χ3n) is 3.21. The summed E-state index contributed by atoms with van der Waals surface area (Å²) in [5.41, 5.74) is -1.91. The summed E-state index contributed by atoms with van der Waals surface area (Å²) in [6, 6.07) is 0. The molecule has 23 heavy (non-hydrogen) atoms. The SMILES string of the molecule is N=C1CC=C(S(=O)(=O)C2=CCC(=N)C([N+](=O)[O-])=C2)C=C1[N+](=O)[O-]. The molecule has 0 spiro atoms. The van der Waals surface area contributed by atoms with E-state index in [2.05, 4.69) is 0 Å². The first kappa shape index (κ1) is 16.4. The molecular weight excluding hydrogens is 328 g/mol. The molecule has 0 fully saturated rings. The van der Waals surface area contributed by atoms with Gasteiger partial charge in [-0.2, -0.15) is 0 Å². The van der Waals surface area contributed by atoms with E-state index in [1.54, 1.807) is 0 Å². The monoisotopic (exact) mass is 338 g/mol. The third kappa shape index (κ3) is 2.99. The molecular formula is C12H10N4O6S. The minimum Gasteiger partial charge on any atom is -0.298 e. The lowest BCUT2D eigenvalue weighted by atomic mass is 10.1. The van der Waals surface area contributed by atoms with Crippen molar-refractivity contribution in [1.29, 1.82) is 10.8 Å². The molecule has 120 valence electrons. The molecule has 0 heterocycles. The fourth-order valence-corrected chi connectivity index (χ4v) is 3.42. The summed E-state index contributed by atoms with van der Waals surface area (Å²) >= 11 is 0. The van der Waals surface area contributed by atoms with Gasteiger partial charge in [0.25, 0.3) is 11.4 Å². The van der Waals surface area contributed by atoms with Gasteiger partial charge in [0.15, 0.2) is 0 Å². The van der Waals surface area contributed by atoms with Crippen molar-refractivity contribution in [3.8, 4) is 0 Å². The molecule has 2 rings (SSSR count). The molecule has 0 aromatic rings. The van der Waals surface area contributed by atoms with Crippen LogP contribution in [0.4, 0.5) is 0 Å². The summed E-state index contributed by atoms with van der Waals surface area (Å²) in [5.74, 6) is 0. The second-order valence-electron chi connectivity index (χ2n) is 4.66. The smallest absolute Gasteiger partial charge is 0.291 e. The maximum Gasteiger partial charge on any atom is 0.291 e. The van der Waals surface area contributed by atoms with Gasteiger partial charge in [-0.05, 0) is 0 Å². The van der Waals surface area contributed by atoms with E-state index < -0.39 is 31.1 Å². The Morgan fingerprint density at radius 1 is 0.870 bits per heavy atom. The van der Waals surface area contributed by atoms with E-state index in [1.807, 2.05) is 0 Å². The highest BCUT2D eigenvalue weighted by Crippen LogP contribution is 2.29. The predicted molar refractivity (Wildman–Crippen MR) is 79.9 cm³/mol. The summed E-state index contributed by atoms with van der Waals surface area (Å²) in [6.07, 6.45) is 3.37. The summed E-state index contributed by atoms with van der Waals surface area (Å²) < 4.78 is 25.0. The zero-order chi connectivity index (χ0) is 17.4. The molecule has 10 nitrogen and oxygen atoms in total. The number of sulfone groups is 1. The van der Waals surface area contributed by atoms with Crippen LogP contribution in [0.2, 0.25) is 0 Å². The number of nitro groups is 2. The highest BCUT2D eigenvalue weighted by atomic mass is 32.2. The first-order valence-electron chi connectivity index (χ1n) is 6.17. The molecule has 0 bridgehead atoms. The van der Waals surface area contributed by atoms with Crippen molar-refractivity contribution in [3.05, 3.63) is 65.7 Å². The lowest BCUT2D eigenvalue weighted by molar-refractivity contribution is -0.415. The summed E-state index contributed by atoms with van der Waals surface area (Å²) in [5, 5.41) is 36.5. The van der Waals surface area contributed by atoms with Gasteiger partial charge in [-0.25, -0.2) is 8.42 Å². The van der Waals surface area contributed by atoms with Gasteiger partial charge >= 0.3 is 0 Å². The van der Waals surface area contributed by atoms with Crippen LogP contribution < -0.4 is 0 Å². The average Bonchev–Trinajstić information content (AvgIpc) is 2.47. The van der Waals surface area contributed by atoms with Gasteiger partial charge in [0.05, 0.1) is 19.7 Å². The predicted octanol–water partition coefficient (Wildman–Crippen LogP) is 1.34. The van der Waals surface area contributed by atoms with Crippen LogP contribution in [0.3, 0.4) is 0 Å². The quantitative estimate of drug-likeness (QED) is 0.579. The molecule has 0 aromatic heterocycles. The molecule has 0 atom stereocenters. The number of hydrogen-bond acceptors (Lipinski definition) is 8. The van der Waals surface area contributed by atoms with Crippen molar-refractivity contribution in [2.75, 3.05) is 0 Å². The second kappa shape index (κ2) is 5.68. The molecule has 0 aliphatic heterocycles. The Morgan fingerprint density at radius 2 is 1.22 bits per heavy atom. The van der Waals surface area contributed by atoms with Crippen molar-refractivity contribution in [2.24, 2.45) is 0 Å². The maximum absolute atomic E-state index is 12.5. The number of rotatable bonds is 4. The number of hydrogen-bond donors (Lipinski definition) is 2. The van der Waals surface area contributed by atoms with Crippen molar-refractivity contribution in [2.45, 2.75) is 12.8 Å². The minimum absolute atomic E-state index is 0.226. The first-order chi connectivity index (χ1) is 10.6. The van der Waals surface area contributed by atoms with E-state index >= 15 is 0 Å². The van der Waals surface area contributed by atoms with Crippen molar-refractivity contribution < 1.29 is 18.3 Å². The van der Waals surface area contributed by atoms with Crippen LogP contribution in [0.5, 0.6) is 0 Å². The fraction of sp³-hybridized carbons (Fsp3) is 0.167. The van der Waals surface area contributed by atoms with Crippen molar-refractivity contribution in [1.82, 2.24) is 0 Å². The van der Waals surface area contributed by atoms with E-state index in [0.717, 1.165) is 24.3 Å². The van der Waals surface area contributed by atoms with E-state index in [0.29, 0.717) is 0 Å². The Bertz CT molecular complexity index is 809. The van der Waals surface area contributed by atoms with Crippen LogP contribution in [-0.4, -0.2) is 29.7 Å². The van der Waals surface area contributed by atoms with Crippen LogP contribution in [-0.2, 0) is 9.84 Å². The number of nitrogens with one attached hydrogen (secondary N) is 2. The first-order valence-corrected chi connectivity index (χ1v) is 7.66. The minimum atomic E-state index is -4.20. The van der Waals surface area contributed by atoms with Crippen LogP contribution >= 0.6 is 0 Å². The number of nitrogens with zero attached hydrogens (tertiary/aromatic N) is 2. The molecule has 0 aromatic carbocycles. The van der Waals surface area contributed by atoms with Crippen LogP contribution in [0.25, 0.3) is 0 Å². The fourth-order valence-electron chi connectivity index (χ4n) is 2.01. The molecule has 2 aliphatic carbocycles. The van der Waals surface area contributed by atoms with Gasteiger partial charge in [0.2, 0.25) is 9.84 Å². The Morgan fingerprint density at radius 3 is 1.52 bits per heavy atom. The topological polar surface area (TPSA) is 168 Å². The zero-order valence-corrected chi connectivity index (χ0v) is 12.3. The highest BCUT2D eigenvalue weighted by molar-refractivity contribution is 7.99. The molecule has 0 amide bonds. The Labute approximate surface area is 129 Å². The van der Waals surface area contributed by atoms with E-state index in [4.69, 9.17) is 10.8 Å². The van der Waals surface area contributed by atoms with E-state index in [1.165, 1.54) is 0 Å². The molecule has 2 aliphatic rings. The normalized spacial score (nSPS) is 18.6. The molecule has 0 saturated carbocycles. The standard InChI is InChI=1S/C12H10N4O6S/c13-9-3-1-7(5-11(9)15(17)18)23(21,22)8-2-4-10(14)12(6-8)16(19)20/h1-2,5-6,13-14H,3-4H2.